The minimum Gasteiger partial charge on any atom is -0.338 e. The lowest BCUT2D eigenvalue weighted by Gasteiger charge is -2.41. The van der Waals surface area contributed by atoms with Crippen LogP contribution >= 0.6 is 0 Å². The van der Waals surface area contributed by atoms with Crippen molar-refractivity contribution in [2.24, 2.45) is 5.92 Å². The minimum atomic E-state index is 0.240. The molecule has 4 rings (SSSR count). The van der Waals surface area contributed by atoms with Crippen molar-refractivity contribution in [2.75, 3.05) is 39.3 Å². The van der Waals surface area contributed by atoms with E-state index >= 15 is 0 Å². The number of carbonyl (C=O) groups excluding carboxylic acids is 1. The highest BCUT2D eigenvalue weighted by atomic mass is 16.7. The first-order valence-corrected chi connectivity index (χ1v) is 12.1. The van der Waals surface area contributed by atoms with Crippen molar-refractivity contribution in [1.29, 1.82) is 0 Å². The van der Waals surface area contributed by atoms with Crippen molar-refractivity contribution in [3.05, 3.63) is 30.1 Å². The van der Waals surface area contributed by atoms with Gasteiger partial charge in [0, 0.05) is 57.6 Å². The van der Waals surface area contributed by atoms with Gasteiger partial charge in [0.25, 0.3) is 0 Å². The van der Waals surface area contributed by atoms with Gasteiger partial charge in [0.2, 0.25) is 5.91 Å². The SMILES string of the molecule is O=C(CCN1CCCO1)N(Cc1cccnc1)CC1CCCN(C2CCCCC2)C1. The highest BCUT2D eigenvalue weighted by Gasteiger charge is 2.29. The second-order valence-corrected chi connectivity index (χ2v) is 9.30. The molecule has 3 aliphatic rings. The predicted octanol–water partition coefficient (Wildman–Crippen LogP) is 3.48. The molecule has 0 aromatic carbocycles. The molecule has 6 heteroatoms. The van der Waals surface area contributed by atoms with Crippen LogP contribution in [0, 0.1) is 5.92 Å². The van der Waals surface area contributed by atoms with Crippen molar-refractivity contribution < 1.29 is 9.63 Å². The number of pyridine rings is 1. The van der Waals surface area contributed by atoms with E-state index in [9.17, 15) is 4.79 Å². The number of rotatable bonds is 8. The lowest BCUT2D eigenvalue weighted by atomic mass is 9.90. The predicted molar refractivity (Wildman–Crippen MR) is 118 cm³/mol. The van der Waals surface area contributed by atoms with E-state index in [4.69, 9.17) is 4.84 Å². The van der Waals surface area contributed by atoms with E-state index in [1.165, 1.54) is 51.5 Å². The number of nitrogens with zero attached hydrogens (tertiary/aromatic N) is 4. The van der Waals surface area contributed by atoms with E-state index in [2.05, 4.69) is 20.9 Å². The van der Waals surface area contributed by atoms with Crippen LogP contribution in [-0.2, 0) is 16.2 Å². The van der Waals surface area contributed by atoms with Crippen LogP contribution in [0.1, 0.15) is 63.4 Å². The highest BCUT2D eigenvalue weighted by molar-refractivity contribution is 5.76. The molecule has 1 amide bonds. The fourth-order valence-electron chi connectivity index (χ4n) is 5.36. The average Bonchev–Trinajstić information content (AvgIpc) is 3.32. The van der Waals surface area contributed by atoms with Gasteiger partial charge in [-0.2, -0.15) is 5.06 Å². The van der Waals surface area contributed by atoms with Gasteiger partial charge in [-0.15, -0.1) is 0 Å². The van der Waals surface area contributed by atoms with E-state index < -0.39 is 0 Å². The van der Waals surface area contributed by atoms with Crippen LogP contribution in [0.3, 0.4) is 0 Å². The third kappa shape index (κ3) is 6.25. The van der Waals surface area contributed by atoms with Crippen LogP contribution in [0.15, 0.2) is 24.5 Å². The molecule has 1 aromatic heterocycles. The largest absolute Gasteiger partial charge is 0.338 e. The summed E-state index contributed by atoms with van der Waals surface area (Å²) >= 11 is 0. The van der Waals surface area contributed by atoms with Crippen molar-refractivity contribution in [3.63, 3.8) is 0 Å². The smallest absolute Gasteiger partial charge is 0.224 e. The Morgan fingerprint density at radius 3 is 2.80 bits per heavy atom. The molecule has 1 unspecified atom stereocenters. The summed E-state index contributed by atoms with van der Waals surface area (Å²) in [5, 5.41) is 1.95. The maximum absolute atomic E-state index is 13.2. The molecule has 166 valence electrons. The number of piperidine rings is 1. The minimum absolute atomic E-state index is 0.240. The van der Waals surface area contributed by atoms with E-state index in [0.29, 0.717) is 25.4 Å². The van der Waals surface area contributed by atoms with Gasteiger partial charge in [-0.1, -0.05) is 25.3 Å². The Labute approximate surface area is 181 Å². The standard InChI is InChI=1S/C24H38N4O2/c29-24(11-15-28-14-6-16-30-28)27(18-21-7-4-12-25-17-21)20-22-8-5-13-26(19-22)23-9-2-1-3-10-23/h4,7,12,17,22-23H,1-3,5-6,8-11,13-16,18-20H2. The summed E-state index contributed by atoms with van der Waals surface area (Å²) in [5.74, 6) is 0.813. The van der Waals surface area contributed by atoms with Crippen molar-refractivity contribution in [1.82, 2.24) is 19.8 Å². The molecule has 3 fully saturated rings. The van der Waals surface area contributed by atoms with Gasteiger partial charge in [0.1, 0.15) is 0 Å². The third-order valence-corrected chi connectivity index (χ3v) is 6.97. The molecular weight excluding hydrogens is 376 g/mol. The van der Waals surface area contributed by atoms with Crippen molar-refractivity contribution in [3.8, 4) is 0 Å². The third-order valence-electron chi connectivity index (χ3n) is 6.97. The maximum atomic E-state index is 13.2. The molecule has 0 spiro atoms. The fourth-order valence-corrected chi connectivity index (χ4v) is 5.36. The summed E-state index contributed by atoms with van der Waals surface area (Å²) in [7, 11) is 0. The zero-order valence-electron chi connectivity index (χ0n) is 18.4. The zero-order chi connectivity index (χ0) is 20.6. The molecule has 0 N–H and O–H groups in total. The lowest BCUT2D eigenvalue weighted by Crippen LogP contribution is -2.47. The molecule has 1 atom stereocenters. The monoisotopic (exact) mass is 414 g/mol. The van der Waals surface area contributed by atoms with Gasteiger partial charge in [-0.25, -0.2) is 0 Å². The van der Waals surface area contributed by atoms with Crippen LogP contribution in [0.4, 0.5) is 0 Å². The summed E-state index contributed by atoms with van der Waals surface area (Å²) < 4.78 is 0. The van der Waals surface area contributed by atoms with Crippen LogP contribution in [-0.4, -0.2) is 71.1 Å². The van der Waals surface area contributed by atoms with Gasteiger partial charge in [-0.05, 0) is 56.2 Å². The number of likely N-dealkylation sites (tertiary alicyclic amines) is 1. The normalized spacial score (nSPS) is 24.2. The second kappa shape index (κ2) is 11.2. The Bertz CT molecular complexity index is 644. The van der Waals surface area contributed by atoms with E-state index in [1.807, 2.05) is 17.3 Å². The Morgan fingerprint density at radius 2 is 2.03 bits per heavy atom. The van der Waals surface area contributed by atoms with E-state index in [1.54, 1.807) is 6.20 Å². The number of hydrogen-bond acceptors (Lipinski definition) is 5. The molecule has 3 heterocycles. The Balaban J connectivity index is 1.35. The second-order valence-electron chi connectivity index (χ2n) is 9.30. The molecule has 1 saturated carbocycles. The molecule has 2 saturated heterocycles. The number of hydroxylamine groups is 2. The van der Waals surface area contributed by atoms with Gasteiger partial charge in [0.05, 0.1) is 6.61 Å². The zero-order valence-corrected chi connectivity index (χ0v) is 18.4. The summed E-state index contributed by atoms with van der Waals surface area (Å²) in [5.41, 5.74) is 1.11. The van der Waals surface area contributed by atoms with Gasteiger partial charge in [-0.3, -0.25) is 14.6 Å². The molecule has 6 nitrogen and oxygen atoms in total. The average molecular weight is 415 g/mol. The topological polar surface area (TPSA) is 48.9 Å². The van der Waals surface area contributed by atoms with Crippen LogP contribution in [0.5, 0.6) is 0 Å². The van der Waals surface area contributed by atoms with Gasteiger partial charge in [0.15, 0.2) is 0 Å². The first-order valence-electron chi connectivity index (χ1n) is 12.1. The maximum Gasteiger partial charge on any atom is 0.224 e. The fraction of sp³-hybridized carbons (Fsp3) is 0.750. The number of hydrogen-bond donors (Lipinski definition) is 0. The molecule has 30 heavy (non-hydrogen) atoms. The molecule has 0 radical (unpaired) electrons. The number of aromatic nitrogens is 1. The first kappa shape index (κ1) is 21.7. The van der Waals surface area contributed by atoms with E-state index in [0.717, 1.165) is 44.3 Å². The lowest BCUT2D eigenvalue weighted by molar-refractivity contribution is -0.140. The van der Waals surface area contributed by atoms with Crippen LogP contribution < -0.4 is 0 Å². The Hall–Kier alpha value is -1.50. The van der Waals surface area contributed by atoms with Crippen molar-refractivity contribution in [2.45, 2.75) is 70.4 Å². The van der Waals surface area contributed by atoms with Crippen LogP contribution in [0.25, 0.3) is 0 Å². The number of amides is 1. The van der Waals surface area contributed by atoms with Gasteiger partial charge >= 0.3 is 0 Å². The number of carbonyl (C=O) groups is 1. The first-order chi connectivity index (χ1) is 14.8. The summed E-state index contributed by atoms with van der Waals surface area (Å²) in [6.45, 7) is 6.33. The molecule has 0 bridgehead atoms. The summed E-state index contributed by atoms with van der Waals surface area (Å²) in [6.07, 6.45) is 14.7. The van der Waals surface area contributed by atoms with Gasteiger partial charge < -0.3 is 9.80 Å². The quantitative estimate of drug-likeness (QED) is 0.652. The molecule has 1 aliphatic carbocycles. The molecule has 2 aliphatic heterocycles. The van der Waals surface area contributed by atoms with E-state index in [-0.39, 0.29) is 5.91 Å². The summed E-state index contributed by atoms with van der Waals surface area (Å²) in [6, 6.07) is 4.81. The highest BCUT2D eigenvalue weighted by Crippen LogP contribution is 2.28. The molecular formula is C24H38N4O2. The molecule has 1 aromatic rings. The van der Waals surface area contributed by atoms with Crippen LogP contribution in [0.2, 0.25) is 0 Å². The summed E-state index contributed by atoms with van der Waals surface area (Å²) in [4.78, 5) is 27.8. The van der Waals surface area contributed by atoms with Crippen molar-refractivity contribution >= 4 is 5.91 Å². The Morgan fingerprint density at radius 1 is 1.13 bits per heavy atom. The Kier molecular flexibility index (Phi) is 8.12.